The second-order valence-electron chi connectivity index (χ2n) is 2.56. The molecule has 1 saturated heterocycles. The molecule has 1 aliphatic rings. The van der Waals surface area contributed by atoms with Crippen LogP contribution in [-0.2, 0) is 0 Å². The van der Waals surface area contributed by atoms with E-state index in [1.54, 1.807) is 0 Å². The van der Waals surface area contributed by atoms with Gasteiger partial charge in [0, 0.05) is 6.54 Å². The zero-order valence-electron chi connectivity index (χ0n) is 6.01. The van der Waals surface area contributed by atoms with Crippen molar-refractivity contribution in [1.29, 1.82) is 0 Å². The molecule has 64 valence electrons. The van der Waals surface area contributed by atoms with Crippen LogP contribution in [0, 0.1) is 0 Å². The first-order valence-corrected chi connectivity index (χ1v) is 3.54. The highest BCUT2D eigenvalue weighted by molar-refractivity contribution is 5.65. The van der Waals surface area contributed by atoms with Gasteiger partial charge in [0.05, 0.1) is 6.04 Å². The van der Waals surface area contributed by atoms with Crippen molar-refractivity contribution in [2.45, 2.75) is 18.6 Å². The van der Waals surface area contributed by atoms with Crippen molar-refractivity contribution in [3.05, 3.63) is 0 Å². The molecule has 0 bridgehead atoms. The van der Waals surface area contributed by atoms with Gasteiger partial charge in [-0.05, 0) is 13.0 Å². The summed E-state index contributed by atoms with van der Waals surface area (Å²) in [5, 5.41) is 13.3. The Morgan fingerprint density at radius 1 is 1.73 bits per heavy atom. The van der Waals surface area contributed by atoms with Crippen LogP contribution in [0.25, 0.3) is 0 Å². The lowest BCUT2D eigenvalue weighted by Gasteiger charge is -2.26. The summed E-state index contributed by atoms with van der Waals surface area (Å²) in [6.45, 7) is 1.01. The molecule has 0 spiro atoms. The number of alkyl halides is 1. The average molecular weight is 162 g/mol. The molecule has 3 N–H and O–H groups in total. The minimum Gasteiger partial charge on any atom is -0.465 e. The molecule has 1 heterocycles. The second kappa shape index (κ2) is 3.52. The first-order chi connectivity index (χ1) is 5.20. The van der Waals surface area contributed by atoms with Crippen LogP contribution in [0.4, 0.5) is 9.18 Å². The summed E-state index contributed by atoms with van der Waals surface area (Å²) in [5.74, 6) is 0. The van der Waals surface area contributed by atoms with Gasteiger partial charge in [-0.15, -0.1) is 0 Å². The smallest absolute Gasteiger partial charge is 0.405 e. The number of halogens is 1. The van der Waals surface area contributed by atoms with Gasteiger partial charge in [0.2, 0.25) is 0 Å². The van der Waals surface area contributed by atoms with Gasteiger partial charge in [0.25, 0.3) is 0 Å². The molecule has 0 unspecified atom stereocenters. The molecule has 5 heteroatoms. The van der Waals surface area contributed by atoms with E-state index in [0.29, 0.717) is 19.5 Å². The van der Waals surface area contributed by atoms with Gasteiger partial charge in [-0.1, -0.05) is 0 Å². The van der Waals surface area contributed by atoms with Crippen LogP contribution < -0.4 is 10.6 Å². The van der Waals surface area contributed by atoms with E-state index in [9.17, 15) is 9.18 Å². The Morgan fingerprint density at radius 3 is 3.00 bits per heavy atom. The van der Waals surface area contributed by atoms with Crippen molar-refractivity contribution in [3.63, 3.8) is 0 Å². The van der Waals surface area contributed by atoms with E-state index in [1.165, 1.54) is 0 Å². The van der Waals surface area contributed by atoms with Gasteiger partial charge in [0.1, 0.15) is 6.17 Å². The number of rotatable bonds is 1. The Bertz CT molecular complexity index is 154. The Hall–Kier alpha value is -0.840. The summed E-state index contributed by atoms with van der Waals surface area (Å²) in [4.78, 5) is 10.1. The topological polar surface area (TPSA) is 61.4 Å². The van der Waals surface area contributed by atoms with E-state index in [0.717, 1.165) is 0 Å². The quantitative estimate of drug-likeness (QED) is 0.506. The number of carboxylic acid groups (broad SMARTS) is 1. The molecule has 0 saturated carbocycles. The van der Waals surface area contributed by atoms with E-state index in [2.05, 4.69) is 10.6 Å². The number of piperidine rings is 1. The maximum atomic E-state index is 12.8. The molecular formula is C6H11FN2O2. The van der Waals surface area contributed by atoms with E-state index < -0.39 is 18.3 Å². The maximum absolute atomic E-state index is 12.8. The highest BCUT2D eigenvalue weighted by Gasteiger charge is 2.25. The fraction of sp³-hybridized carbons (Fsp3) is 0.833. The van der Waals surface area contributed by atoms with Crippen LogP contribution >= 0.6 is 0 Å². The molecule has 1 amide bonds. The molecule has 0 aliphatic carbocycles. The molecular weight excluding hydrogens is 151 g/mol. The van der Waals surface area contributed by atoms with Crippen molar-refractivity contribution >= 4 is 6.09 Å². The third kappa shape index (κ3) is 2.34. The van der Waals surface area contributed by atoms with E-state index in [-0.39, 0.29) is 0 Å². The summed E-state index contributed by atoms with van der Waals surface area (Å²) >= 11 is 0. The molecule has 11 heavy (non-hydrogen) atoms. The molecule has 0 aromatic rings. The summed E-state index contributed by atoms with van der Waals surface area (Å²) in [6.07, 6.45) is -1.83. The number of nitrogens with one attached hydrogen (secondary N) is 2. The summed E-state index contributed by atoms with van der Waals surface area (Å²) < 4.78 is 12.8. The van der Waals surface area contributed by atoms with Gasteiger partial charge in [-0.25, -0.2) is 9.18 Å². The Morgan fingerprint density at radius 2 is 2.45 bits per heavy atom. The predicted octanol–water partition coefficient (Wildman–Crippen LogP) is -0.0460. The van der Waals surface area contributed by atoms with Crippen LogP contribution in [-0.4, -0.2) is 36.5 Å². The van der Waals surface area contributed by atoms with Crippen LogP contribution in [0.5, 0.6) is 0 Å². The lowest BCUT2D eigenvalue weighted by atomic mass is 10.1. The first-order valence-electron chi connectivity index (χ1n) is 3.54. The van der Waals surface area contributed by atoms with E-state index in [1.807, 2.05) is 0 Å². The normalized spacial score (nSPS) is 31.4. The predicted molar refractivity (Wildman–Crippen MR) is 37.3 cm³/mol. The molecule has 2 atom stereocenters. The van der Waals surface area contributed by atoms with Crippen molar-refractivity contribution in [2.24, 2.45) is 0 Å². The Kier molecular flexibility index (Phi) is 2.64. The molecule has 0 aromatic carbocycles. The second-order valence-corrected chi connectivity index (χ2v) is 2.56. The fourth-order valence-electron chi connectivity index (χ4n) is 1.13. The summed E-state index contributed by atoms with van der Waals surface area (Å²) in [6, 6.07) is -0.582. The fourth-order valence-corrected chi connectivity index (χ4v) is 1.13. The van der Waals surface area contributed by atoms with E-state index in [4.69, 9.17) is 5.11 Å². The van der Waals surface area contributed by atoms with Crippen molar-refractivity contribution < 1.29 is 14.3 Å². The average Bonchev–Trinajstić information content (AvgIpc) is 1.93. The standard InChI is InChI=1S/C6H11FN2O2/c7-4-1-2-8-3-5(4)9-6(10)11/h4-5,8-9H,1-3H2,(H,10,11)/t4-,5-/m1/s1. The van der Waals surface area contributed by atoms with Crippen LogP contribution in [0.15, 0.2) is 0 Å². The van der Waals surface area contributed by atoms with Gasteiger partial charge in [-0.2, -0.15) is 0 Å². The van der Waals surface area contributed by atoms with Crippen LogP contribution in [0.3, 0.4) is 0 Å². The van der Waals surface area contributed by atoms with Gasteiger partial charge < -0.3 is 15.7 Å². The molecule has 1 fully saturated rings. The minimum atomic E-state index is -1.17. The third-order valence-electron chi connectivity index (χ3n) is 1.71. The third-order valence-corrected chi connectivity index (χ3v) is 1.71. The SMILES string of the molecule is O=C(O)N[C@@H]1CNCC[C@H]1F. The zero-order valence-corrected chi connectivity index (χ0v) is 6.01. The van der Waals surface area contributed by atoms with E-state index >= 15 is 0 Å². The van der Waals surface area contributed by atoms with Crippen LogP contribution in [0.1, 0.15) is 6.42 Å². The number of hydrogen-bond donors (Lipinski definition) is 3. The minimum absolute atomic E-state index is 0.380. The van der Waals surface area contributed by atoms with Gasteiger partial charge in [-0.3, -0.25) is 0 Å². The number of hydrogen-bond acceptors (Lipinski definition) is 2. The Balaban J connectivity index is 2.35. The molecule has 4 nitrogen and oxygen atoms in total. The first kappa shape index (κ1) is 8.26. The number of amides is 1. The van der Waals surface area contributed by atoms with Gasteiger partial charge >= 0.3 is 6.09 Å². The lowest BCUT2D eigenvalue weighted by Crippen LogP contribution is -2.51. The monoisotopic (exact) mass is 162 g/mol. The molecule has 1 rings (SSSR count). The maximum Gasteiger partial charge on any atom is 0.405 e. The lowest BCUT2D eigenvalue weighted by molar-refractivity contribution is 0.162. The largest absolute Gasteiger partial charge is 0.465 e. The number of carbonyl (C=O) groups is 1. The van der Waals surface area contributed by atoms with Crippen molar-refractivity contribution in [2.75, 3.05) is 13.1 Å². The van der Waals surface area contributed by atoms with Crippen LogP contribution in [0.2, 0.25) is 0 Å². The summed E-state index contributed by atoms with van der Waals surface area (Å²) in [7, 11) is 0. The highest BCUT2D eigenvalue weighted by atomic mass is 19.1. The molecule has 0 aromatic heterocycles. The highest BCUT2D eigenvalue weighted by Crippen LogP contribution is 2.07. The Labute approximate surface area is 63.8 Å². The van der Waals surface area contributed by atoms with Gasteiger partial charge in [0.15, 0.2) is 0 Å². The zero-order chi connectivity index (χ0) is 8.27. The van der Waals surface area contributed by atoms with Crippen molar-refractivity contribution in [3.8, 4) is 0 Å². The molecule has 1 aliphatic heterocycles. The van der Waals surface area contributed by atoms with Crippen molar-refractivity contribution in [1.82, 2.24) is 10.6 Å². The molecule has 0 radical (unpaired) electrons. The summed E-state index contributed by atoms with van der Waals surface area (Å²) in [5.41, 5.74) is 0.